The molecule has 1 aliphatic rings. The maximum Gasteiger partial charge on any atom is 0.142 e. The molecule has 0 spiro atoms. The van der Waals surface area contributed by atoms with E-state index in [0.29, 0.717) is 24.5 Å². The van der Waals surface area contributed by atoms with Crippen LogP contribution in [0.1, 0.15) is 11.7 Å². The van der Waals surface area contributed by atoms with Gasteiger partial charge in [-0.25, -0.2) is 4.39 Å². The molecule has 2 aromatic rings. The molecule has 2 heterocycles. The third-order valence-corrected chi connectivity index (χ3v) is 3.78. The first-order valence-corrected chi connectivity index (χ1v) is 7.46. The van der Waals surface area contributed by atoms with Crippen molar-refractivity contribution in [2.45, 2.75) is 12.2 Å². The van der Waals surface area contributed by atoms with Gasteiger partial charge in [0.15, 0.2) is 0 Å². The van der Waals surface area contributed by atoms with Gasteiger partial charge in [0.1, 0.15) is 23.8 Å². The van der Waals surface area contributed by atoms with Crippen molar-refractivity contribution in [2.75, 3.05) is 19.7 Å². The van der Waals surface area contributed by atoms with Gasteiger partial charge in [0, 0.05) is 25.5 Å². The third kappa shape index (κ3) is 3.55. The Labute approximate surface area is 133 Å². The van der Waals surface area contributed by atoms with Crippen molar-refractivity contribution in [3.8, 4) is 5.75 Å². The predicted octanol–water partition coefficient (Wildman–Crippen LogP) is 2.98. The third-order valence-electron chi connectivity index (χ3n) is 3.47. The number of nitrogens with zero attached hydrogens (tertiary/aromatic N) is 1. The van der Waals surface area contributed by atoms with Crippen LogP contribution in [0.3, 0.4) is 0 Å². The SMILES string of the molecule is Fc1cc([C@@H]2OCCNC[C@H]2Oc2ccncc2)ccc1Cl. The molecule has 1 N–H and O–H groups in total. The molecule has 1 aromatic heterocycles. The van der Waals surface area contributed by atoms with Gasteiger partial charge in [-0.3, -0.25) is 4.98 Å². The molecule has 3 rings (SSSR count). The van der Waals surface area contributed by atoms with E-state index in [1.54, 1.807) is 30.6 Å². The standard InChI is InChI=1S/C16H16ClFN2O2/c17-13-2-1-11(9-14(13)18)16-15(10-20-7-8-21-16)22-12-3-5-19-6-4-12/h1-6,9,15-16,20H,7-8,10H2/t15-,16+/m1/s1. The van der Waals surface area contributed by atoms with Gasteiger partial charge in [0.2, 0.25) is 0 Å². The lowest BCUT2D eigenvalue weighted by molar-refractivity contribution is -0.00857. The van der Waals surface area contributed by atoms with Gasteiger partial charge in [0.25, 0.3) is 0 Å². The Balaban J connectivity index is 1.85. The zero-order valence-electron chi connectivity index (χ0n) is 11.8. The lowest BCUT2D eigenvalue weighted by Crippen LogP contribution is -2.34. The normalized spacial score (nSPS) is 22.1. The van der Waals surface area contributed by atoms with Crippen LogP contribution in [0.5, 0.6) is 5.75 Å². The molecular weight excluding hydrogens is 307 g/mol. The minimum Gasteiger partial charge on any atom is -0.486 e. The Bertz CT molecular complexity index is 627. The summed E-state index contributed by atoms with van der Waals surface area (Å²) in [7, 11) is 0. The van der Waals surface area contributed by atoms with Crippen molar-refractivity contribution >= 4 is 11.6 Å². The van der Waals surface area contributed by atoms with Crippen molar-refractivity contribution in [2.24, 2.45) is 0 Å². The molecular formula is C16H16ClFN2O2. The van der Waals surface area contributed by atoms with Crippen molar-refractivity contribution in [1.82, 2.24) is 10.3 Å². The van der Waals surface area contributed by atoms with Crippen LogP contribution in [-0.4, -0.2) is 30.8 Å². The minimum atomic E-state index is -0.456. The zero-order valence-corrected chi connectivity index (χ0v) is 12.6. The van der Waals surface area contributed by atoms with Crippen LogP contribution in [-0.2, 0) is 4.74 Å². The molecule has 2 atom stereocenters. The van der Waals surface area contributed by atoms with Crippen LogP contribution in [0.15, 0.2) is 42.7 Å². The summed E-state index contributed by atoms with van der Waals surface area (Å²) in [6.45, 7) is 1.87. The van der Waals surface area contributed by atoms with Crippen LogP contribution < -0.4 is 10.1 Å². The van der Waals surface area contributed by atoms with E-state index in [1.165, 1.54) is 12.1 Å². The van der Waals surface area contributed by atoms with E-state index in [2.05, 4.69) is 10.3 Å². The first kappa shape index (κ1) is 15.2. The average Bonchev–Trinajstić information content (AvgIpc) is 2.77. The number of benzene rings is 1. The van der Waals surface area contributed by atoms with Gasteiger partial charge in [0.05, 0.1) is 11.6 Å². The summed E-state index contributed by atoms with van der Waals surface area (Å²) < 4.78 is 25.6. The van der Waals surface area contributed by atoms with Crippen molar-refractivity contribution in [1.29, 1.82) is 0 Å². The second kappa shape index (κ2) is 7.05. The van der Waals surface area contributed by atoms with E-state index < -0.39 is 5.82 Å². The van der Waals surface area contributed by atoms with Crippen LogP contribution in [0.4, 0.5) is 4.39 Å². The monoisotopic (exact) mass is 322 g/mol. The molecule has 0 unspecified atom stereocenters. The molecule has 0 bridgehead atoms. The summed E-state index contributed by atoms with van der Waals surface area (Å²) >= 11 is 5.75. The second-order valence-electron chi connectivity index (χ2n) is 5.01. The number of rotatable bonds is 3. The number of pyridine rings is 1. The van der Waals surface area contributed by atoms with E-state index in [4.69, 9.17) is 21.1 Å². The quantitative estimate of drug-likeness (QED) is 0.943. The van der Waals surface area contributed by atoms with Gasteiger partial charge < -0.3 is 14.8 Å². The highest BCUT2D eigenvalue weighted by molar-refractivity contribution is 6.30. The minimum absolute atomic E-state index is 0.0992. The first-order chi connectivity index (χ1) is 10.7. The maximum absolute atomic E-state index is 13.7. The molecule has 1 saturated heterocycles. The summed E-state index contributed by atoms with van der Waals surface area (Å²) in [5.74, 6) is 0.245. The Kier molecular flexibility index (Phi) is 4.87. The Hall–Kier alpha value is -1.69. The van der Waals surface area contributed by atoms with Gasteiger partial charge >= 0.3 is 0 Å². The molecule has 1 aliphatic heterocycles. The second-order valence-corrected chi connectivity index (χ2v) is 5.42. The number of hydrogen-bond donors (Lipinski definition) is 1. The molecule has 116 valence electrons. The maximum atomic E-state index is 13.7. The Morgan fingerprint density at radius 3 is 2.86 bits per heavy atom. The average molecular weight is 323 g/mol. The van der Waals surface area contributed by atoms with E-state index in [-0.39, 0.29) is 17.2 Å². The van der Waals surface area contributed by atoms with Gasteiger partial charge in [-0.2, -0.15) is 0 Å². The highest BCUT2D eigenvalue weighted by Gasteiger charge is 2.28. The lowest BCUT2D eigenvalue weighted by Gasteiger charge is -2.26. The van der Waals surface area contributed by atoms with E-state index in [9.17, 15) is 4.39 Å². The van der Waals surface area contributed by atoms with Crippen molar-refractivity contribution in [3.05, 3.63) is 59.1 Å². The lowest BCUT2D eigenvalue weighted by atomic mass is 10.0. The summed E-state index contributed by atoms with van der Waals surface area (Å²) in [6, 6.07) is 8.28. The highest BCUT2D eigenvalue weighted by atomic mass is 35.5. The molecule has 1 aromatic carbocycles. The van der Waals surface area contributed by atoms with E-state index in [0.717, 1.165) is 6.54 Å². The van der Waals surface area contributed by atoms with Crippen LogP contribution >= 0.6 is 11.6 Å². The van der Waals surface area contributed by atoms with Gasteiger partial charge in [-0.15, -0.1) is 0 Å². The van der Waals surface area contributed by atoms with Crippen LogP contribution in [0.25, 0.3) is 0 Å². The molecule has 6 heteroatoms. The van der Waals surface area contributed by atoms with Crippen LogP contribution in [0.2, 0.25) is 5.02 Å². The van der Waals surface area contributed by atoms with Gasteiger partial charge in [-0.05, 0) is 29.8 Å². The fourth-order valence-electron chi connectivity index (χ4n) is 2.41. The summed E-state index contributed by atoms with van der Waals surface area (Å²) in [6.07, 6.45) is 2.69. The predicted molar refractivity (Wildman–Crippen MR) is 81.6 cm³/mol. The number of nitrogens with one attached hydrogen (secondary N) is 1. The summed E-state index contributed by atoms with van der Waals surface area (Å²) in [5, 5.41) is 3.36. The Morgan fingerprint density at radius 2 is 2.09 bits per heavy atom. The summed E-state index contributed by atoms with van der Waals surface area (Å²) in [5.41, 5.74) is 0.713. The van der Waals surface area contributed by atoms with Crippen molar-refractivity contribution < 1.29 is 13.9 Å². The highest BCUT2D eigenvalue weighted by Crippen LogP contribution is 2.28. The topological polar surface area (TPSA) is 43.4 Å². The first-order valence-electron chi connectivity index (χ1n) is 7.08. The van der Waals surface area contributed by atoms with Crippen molar-refractivity contribution in [3.63, 3.8) is 0 Å². The molecule has 0 saturated carbocycles. The summed E-state index contributed by atoms with van der Waals surface area (Å²) in [4.78, 5) is 3.96. The van der Waals surface area contributed by atoms with Crippen LogP contribution in [0, 0.1) is 5.82 Å². The molecule has 1 fully saturated rings. The molecule has 0 aliphatic carbocycles. The van der Waals surface area contributed by atoms with E-state index >= 15 is 0 Å². The smallest absolute Gasteiger partial charge is 0.142 e. The molecule has 0 radical (unpaired) electrons. The number of aromatic nitrogens is 1. The fraction of sp³-hybridized carbons (Fsp3) is 0.312. The van der Waals surface area contributed by atoms with Gasteiger partial charge in [-0.1, -0.05) is 17.7 Å². The number of hydrogen-bond acceptors (Lipinski definition) is 4. The molecule has 22 heavy (non-hydrogen) atoms. The largest absolute Gasteiger partial charge is 0.486 e. The number of halogens is 2. The fourth-order valence-corrected chi connectivity index (χ4v) is 2.53. The molecule has 0 amide bonds. The number of ether oxygens (including phenoxy) is 2. The molecule has 4 nitrogen and oxygen atoms in total. The Morgan fingerprint density at radius 1 is 1.27 bits per heavy atom. The van der Waals surface area contributed by atoms with E-state index in [1.807, 2.05) is 0 Å². The zero-order chi connectivity index (χ0) is 15.4.